The van der Waals surface area contributed by atoms with Gasteiger partial charge in [0, 0.05) is 6.42 Å². The molecule has 0 aliphatic carbocycles. The minimum atomic E-state index is -4.33. The summed E-state index contributed by atoms with van der Waals surface area (Å²) < 4.78 is 57.6. The second kappa shape index (κ2) is 5.33. The Labute approximate surface area is 93.2 Å². The zero-order valence-electron chi connectivity index (χ0n) is 9.39. The fourth-order valence-corrected chi connectivity index (χ4v) is 1.68. The molecular formula is C8H16F3NO3S. The average Bonchev–Trinajstić information content (AvgIpc) is 1.97. The van der Waals surface area contributed by atoms with Gasteiger partial charge in [-0.05, 0) is 27.2 Å². The van der Waals surface area contributed by atoms with Crippen LogP contribution in [0.5, 0.6) is 0 Å². The Bertz CT molecular complexity index is 305. The molecule has 8 heteroatoms. The molecule has 0 aromatic carbocycles. The summed E-state index contributed by atoms with van der Waals surface area (Å²) in [6.45, 7) is 4.85. The maximum absolute atomic E-state index is 11.8. The largest absolute Gasteiger partial charge is 0.389 e. The van der Waals surface area contributed by atoms with Crippen LogP contribution in [0, 0.1) is 0 Å². The van der Waals surface area contributed by atoms with Gasteiger partial charge in [0.2, 0.25) is 10.0 Å². The summed E-state index contributed by atoms with van der Waals surface area (Å²) in [5, 5.41) is 0. The summed E-state index contributed by atoms with van der Waals surface area (Å²) in [7, 11) is -3.81. The van der Waals surface area contributed by atoms with Gasteiger partial charge in [-0.3, -0.25) is 4.84 Å². The van der Waals surface area contributed by atoms with Crippen LogP contribution in [0.15, 0.2) is 0 Å². The van der Waals surface area contributed by atoms with Crippen LogP contribution in [0.25, 0.3) is 0 Å². The maximum Gasteiger partial charge on any atom is 0.389 e. The van der Waals surface area contributed by atoms with E-state index in [1.54, 1.807) is 25.7 Å². The highest BCUT2D eigenvalue weighted by molar-refractivity contribution is 7.89. The molecule has 0 fully saturated rings. The van der Waals surface area contributed by atoms with E-state index in [0.717, 1.165) is 0 Å². The molecule has 16 heavy (non-hydrogen) atoms. The van der Waals surface area contributed by atoms with Crippen LogP contribution in [0.2, 0.25) is 0 Å². The second-order valence-corrected chi connectivity index (χ2v) is 6.14. The van der Waals surface area contributed by atoms with E-state index in [9.17, 15) is 21.6 Å². The number of hydrogen-bond acceptors (Lipinski definition) is 3. The highest BCUT2D eigenvalue weighted by atomic mass is 32.2. The fraction of sp³-hybridized carbons (Fsp3) is 1.00. The molecule has 0 saturated heterocycles. The van der Waals surface area contributed by atoms with Crippen LogP contribution in [-0.2, 0) is 14.9 Å². The summed E-state index contributed by atoms with van der Waals surface area (Å²) in [6, 6.07) is 0. The van der Waals surface area contributed by atoms with Gasteiger partial charge in [0.25, 0.3) is 0 Å². The van der Waals surface area contributed by atoms with Crippen LogP contribution < -0.4 is 4.89 Å². The van der Waals surface area contributed by atoms with Gasteiger partial charge >= 0.3 is 6.18 Å². The summed E-state index contributed by atoms with van der Waals surface area (Å²) in [5.41, 5.74) is -0.725. The lowest BCUT2D eigenvalue weighted by atomic mass is 10.2. The topological polar surface area (TPSA) is 55.4 Å². The highest BCUT2D eigenvalue weighted by Gasteiger charge is 2.27. The van der Waals surface area contributed by atoms with Crippen LogP contribution in [0.4, 0.5) is 13.2 Å². The van der Waals surface area contributed by atoms with Crippen molar-refractivity contribution in [2.24, 2.45) is 0 Å². The Hall–Kier alpha value is -0.340. The molecular weight excluding hydrogens is 247 g/mol. The molecule has 0 aliphatic heterocycles. The highest BCUT2D eigenvalue weighted by Crippen LogP contribution is 2.21. The lowest BCUT2D eigenvalue weighted by Gasteiger charge is -2.19. The average molecular weight is 263 g/mol. The number of nitrogens with one attached hydrogen (secondary N) is 1. The van der Waals surface area contributed by atoms with Gasteiger partial charge in [-0.25, -0.2) is 8.42 Å². The predicted molar refractivity (Wildman–Crippen MR) is 53.0 cm³/mol. The lowest BCUT2D eigenvalue weighted by molar-refractivity contribution is -0.134. The molecule has 0 heterocycles. The van der Waals surface area contributed by atoms with Crippen LogP contribution in [-0.4, -0.2) is 25.9 Å². The number of alkyl halides is 3. The Kier molecular flexibility index (Phi) is 5.21. The van der Waals surface area contributed by atoms with Crippen LogP contribution in [0.1, 0.15) is 33.6 Å². The number of hydrogen-bond donors (Lipinski definition) is 1. The van der Waals surface area contributed by atoms with Crippen molar-refractivity contribution in [3.63, 3.8) is 0 Å². The minimum Gasteiger partial charge on any atom is -0.281 e. The summed E-state index contributed by atoms with van der Waals surface area (Å²) in [6.07, 6.45) is -5.93. The molecule has 0 spiro atoms. The predicted octanol–water partition coefficient (Wildman–Crippen LogP) is 1.98. The third kappa shape index (κ3) is 10.2. The molecule has 1 N–H and O–H groups in total. The Morgan fingerprint density at radius 2 is 1.69 bits per heavy atom. The van der Waals surface area contributed by atoms with Crippen LogP contribution >= 0.6 is 0 Å². The van der Waals surface area contributed by atoms with Gasteiger partial charge in [-0.15, -0.1) is 0 Å². The molecule has 4 nitrogen and oxygen atoms in total. The number of sulfonamides is 1. The second-order valence-electron chi connectivity index (χ2n) is 4.34. The van der Waals surface area contributed by atoms with E-state index in [4.69, 9.17) is 4.84 Å². The van der Waals surface area contributed by atoms with Crippen LogP contribution in [0.3, 0.4) is 0 Å². The standard InChI is InChI=1S/C8H16F3NO3S/c1-7(2,3)15-12-16(13,14)6-4-5-8(9,10)11/h12H,4-6H2,1-3H3. The van der Waals surface area contributed by atoms with Crippen molar-refractivity contribution in [1.82, 2.24) is 4.89 Å². The van der Waals surface area contributed by atoms with Crippen molar-refractivity contribution in [3.8, 4) is 0 Å². The molecule has 0 aliphatic rings. The zero-order chi connectivity index (χ0) is 13.0. The van der Waals surface area contributed by atoms with Gasteiger partial charge in [0.1, 0.15) is 0 Å². The summed E-state index contributed by atoms with van der Waals surface area (Å²) in [5.74, 6) is -0.609. The normalized spacial score (nSPS) is 14.1. The molecule has 0 radical (unpaired) electrons. The smallest absolute Gasteiger partial charge is 0.281 e. The third-order valence-electron chi connectivity index (χ3n) is 1.35. The zero-order valence-corrected chi connectivity index (χ0v) is 10.2. The minimum absolute atomic E-state index is 0.480. The van der Waals surface area contributed by atoms with Gasteiger partial charge in [-0.1, -0.05) is 4.89 Å². The van der Waals surface area contributed by atoms with E-state index in [1.165, 1.54) is 0 Å². The van der Waals surface area contributed by atoms with Crippen molar-refractivity contribution in [2.45, 2.75) is 45.4 Å². The van der Waals surface area contributed by atoms with Gasteiger partial charge < -0.3 is 0 Å². The Balaban J connectivity index is 3.99. The molecule has 0 unspecified atom stereocenters. The molecule has 0 saturated carbocycles. The first kappa shape index (κ1) is 15.7. The van der Waals surface area contributed by atoms with Gasteiger partial charge in [0.15, 0.2) is 0 Å². The first-order chi connectivity index (χ1) is 6.91. The molecule has 98 valence electrons. The number of halogens is 3. The lowest BCUT2D eigenvalue weighted by Crippen LogP contribution is -2.35. The molecule has 0 amide bonds. The van der Waals surface area contributed by atoms with E-state index in [-0.39, 0.29) is 0 Å². The van der Waals surface area contributed by atoms with E-state index in [2.05, 4.69) is 0 Å². The molecule has 0 aromatic heterocycles. The van der Waals surface area contributed by atoms with E-state index in [1.807, 2.05) is 0 Å². The molecule has 0 atom stereocenters. The third-order valence-corrected chi connectivity index (χ3v) is 2.51. The van der Waals surface area contributed by atoms with Gasteiger partial charge in [-0.2, -0.15) is 13.2 Å². The Morgan fingerprint density at radius 1 is 1.19 bits per heavy atom. The first-order valence-corrected chi connectivity index (χ1v) is 6.31. The monoisotopic (exact) mass is 263 g/mol. The van der Waals surface area contributed by atoms with E-state index >= 15 is 0 Å². The fourth-order valence-electron chi connectivity index (χ4n) is 0.693. The SMILES string of the molecule is CC(C)(C)ONS(=O)(=O)CCCC(F)(F)F. The number of rotatable bonds is 5. The van der Waals surface area contributed by atoms with E-state index in [0.29, 0.717) is 0 Å². The van der Waals surface area contributed by atoms with Crippen molar-refractivity contribution >= 4 is 10.0 Å². The molecule has 0 rings (SSSR count). The molecule has 0 aromatic rings. The van der Waals surface area contributed by atoms with Crippen molar-refractivity contribution in [3.05, 3.63) is 0 Å². The summed E-state index contributed by atoms with van der Waals surface area (Å²) in [4.78, 5) is 6.55. The molecule has 0 bridgehead atoms. The quantitative estimate of drug-likeness (QED) is 0.772. The first-order valence-electron chi connectivity index (χ1n) is 4.65. The van der Waals surface area contributed by atoms with Crippen molar-refractivity contribution < 1.29 is 26.4 Å². The maximum atomic E-state index is 11.8. The van der Waals surface area contributed by atoms with Crippen molar-refractivity contribution in [2.75, 3.05) is 5.75 Å². The van der Waals surface area contributed by atoms with Crippen molar-refractivity contribution in [1.29, 1.82) is 0 Å². The Morgan fingerprint density at radius 3 is 2.06 bits per heavy atom. The van der Waals surface area contributed by atoms with Gasteiger partial charge in [0.05, 0.1) is 11.4 Å². The summed E-state index contributed by atoms with van der Waals surface area (Å²) >= 11 is 0. The van der Waals surface area contributed by atoms with E-state index < -0.39 is 40.4 Å².